The number of aromatic nitrogens is 2. The van der Waals surface area contributed by atoms with E-state index >= 15 is 0 Å². The highest BCUT2D eigenvalue weighted by Crippen LogP contribution is 2.40. The normalized spacial score (nSPS) is 22.1. The molecule has 4 rings (SSSR count). The maximum Gasteiger partial charge on any atom is 0.282 e. The predicted octanol–water partition coefficient (Wildman–Crippen LogP) is 1.25. The van der Waals surface area contributed by atoms with E-state index in [0.29, 0.717) is 13.0 Å². The second-order valence-corrected chi connectivity index (χ2v) is 6.47. The van der Waals surface area contributed by atoms with E-state index in [-0.39, 0.29) is 18.2 Å². The number of aliphatic imine (C=N–C) groups is 1. The van der Waals surface area contributed by atoms with E-state index in [1.807, 2.05) is 12.4 Å². The van der Waals surface area contributed by atoms with Crippen LogP contribution in [0.25, 0.3) is 11.1 Å². The van der Waals surface area contributed by atoms with Gasteiger partial charge in [0, 0.05) is 31.0 Å². The Morgan fingerprint density at radius 1 is 1.21 bits per heavy atom. The van der Waals surface area contributed by atoms with E-state index < -0.39 is 0 Å². The maximum absolute atomic E-state index is 9.41. The highest BCUT2D eigenvalue weighted by molar-refractivity contribution is 5.74. The van der Waals surface area contributed by atoms with Crippen molar-refractivity contribution < 1.29 is 9.84 Å². The van der Waals surface area contributed by atoms with Crippen molar-refractivity contribution in [1.29, 1.82) is 0 Å². The largest absolute Gasteiger partial charge is 0.463 e. The number of nitrogens with two attached hydrogens (primary N) is 1. The molecule has 2 aromatic rings. The lowest BCUT2D eigenvalue weighted by Crippen LogP contribution is -2.36. The van der Waals surface area contributed by atoms with E-state index in [2.05, 4.69) is 27.1 Å². The van der Waals surface area contributed by atoms with E-state index in [0.717, 1.165) is 30.4 Å². The van der Waals surface area contributed by atoms with Crippen LogP contribution in [-0.4, -0.2) is 39.8 Å². The number of aliphatic hydroxyl groups is 1. The fourth-order valence-corrected chi connectivity index (χ4v) is 3.81. The van der Waals surface area contributed by atoms with Crippen molar-refractivity contribution >= 4 is 6.02 Å². The standard InChI is InChI=1S/C18H20N4O2/c19-17-22-18(10-24-17)5-3-15-14(13-8-20-11-21-9-13)2-1-12(4-6-23)16(15)7-18/h1-2,8-9,11,23H,3-7,10H2,(H2,19,22). The van der Waals surface area contributed by atoms with Crippen molar-refractivity contribution in [2.45, 2.75) is 31.2 Å². The Hall–Kier alpha value is -2.47. The summed E-state index contributed by atoms with van der Waals surface area (Å²) < 4.78 is 5.43. The monoisotopic (exact) mass is 324 g/mol. The average molecular weight is 324 g/mol. The van der Waals surface area contributed by atoms with Crippen LogP contribution in [-0.2, 0) is 24.0 Å². The summed E-state index contributed by atoms with van der Waals surface area (Å²) in [5.74, 6) is 0. The van der Waals surface area contributed by atoms with Crippen LogP contribution in [0.5, 0.6) is 0 Å². The maximum atomic E-state index is 9.41. The average Bonchev–Trinajstić information content (AvgIpc) is 2.96. The number of ether oxygens (including phenoxy) is 1. The van der Waals surface area contributed by atoms with Crippen molar-refractivity contribution in [1.82, 2.24) is 9.97 Å². The minimum atomic E-state index is -0.257. The Balaban J connectivity index is 1.81. The molecule has 1 aromatic carbocycles. The number of fused-ring (bicyclic) bond motifs is 1. The van der Waals surface area contributed by atoms with Gasteiger partial charge in [-0.3, -0.25) is 0 Å². The van der Waals surface area contributed by atoms with Gasteiger partial charge in [0.05, 0.1) is 0 Å². The number of amidine groups is 1. The molecule has 2 aliphatic rings. The van der Waals surface area contributed by atoms with Crippen LogP contribution >= 0.6 is 0 Å². The number of nitrogens with zero attached hydrogens (tertiary/aromatic N) is 3. The second-order valence-electron chi connectivity index (χ2n) is 6.47. The molecule has 0 saturated carbocycles. The van der Waals surface area contributed by atoms with Crippen LogP contribution in [0, 0.1) is 0 Å². The van der Waals surface area contributed by atoms with Crippen molar-refractivity contribution in [3.8, 4) is 11.1 Å². The topological polar surface area (TPSA) is 93.6 Å². The Bertz CT molecular complexity index is 791. The molecule has 124 valence electrons. The first kappa shape index (κ1) is 15.1. The van der Waals surface area contributed by atoms with Crippen LogP contribution in [0.2, 0.25) is 0 Å². The van der Waals surface area contributed by atoms with Gasteiger partial charge in [-0.25, -0.2) is 15.0 Å². The first-order valence-corrected chi connectivity index (χ1v) is 8.19. The molecule has 3 N–H and O–H groups in total. The molecule has 1 aliphatic carbocycles. The Labute approximate surface area is 140 Å². The van der Waals surface area contributed by atoms with Crippen molar-refractivity contribution in [3.05, 3.63) is 47.5 Å². The molecule has 1 aromatic heterocycles. The van der Waals surface area contributed by atoms with Gasteiger partial charge in [-0.15, -0.1) is 0 Å². The molecule has 0 amide bonds. The van der Waals surface area contributed by atoms with Gasteiger partial charge in [0.2, 0.25) is 0 Å². The van der Waals surface area contributed by atoms with Gasteiger partial charge >= 0.3 is 0 Å². The van der Waals surface area contributed by atoms with Crippen LogP contribution in [0.4, 0.5) is 0 Å². The van der Waals surface area contributed by atoms with Crippen LogP contribution in [0.15, 0.2) is 35.8 Å². The molecule has 6 nitrogen and oxygen atoms in total. The van der Waals surface area contributed by atoms with Gasteiger partial charge in [-0.2, -0.15) is 0 Å². The minimum absolute atomic E-state index is 0.134. The molecular formula is C18H20N4O2. The van der Waals surface area contributed by atoms with Gasteiger partial charge < -0.3 is 15.6 Å². The highest BCUT2D eigenvalue weighted by atomic mass is 16.5. The lowest BCUT2D eigenvalue weighted by Gasteiger charge is -2.33. The lowest BCUT2D eigenvalue weighted by molar-refractivity contribution is 0.234. The number of aliphatic hydroxyl groups excluding tert-OH is 1. The van der Waals surface area contributed by atoms with E-state index in [1.165, 1.54) is 16.7 Å². The molecule has 6 heteroatoms. The first-order valence-electron chi connectivity index (χ1n) is 8.19. The number of benzene rings is 1. The number of hydrogen-bond donors (Lipinski definition) is 2. The molecule has 0 radical (unpaired) electrons. The number of hydrogen-bond acceptors (Lipinski definition) is 6. The fourth-order valence-electron chi connectivity index (χ4n) is 3.81. The van der Waals surface area contributed by atoms with Crippen LogP contribution < -0.4 is 5.73 Å². The smallest absolute Gasteiger partial charge is 0.282 e. The zero-order valence-corrected chi connectivity index (χ0v) is 13.4. The van der Waals surface area contributed by atoms with E-state index in [1.54, 1.807) is 6.33 Å². The molecule has 2 heterocycles. The molecule has 1 atom stereocenters. The molecule has 0 bridgehead atoms. The van der Waals surface area contributed by atoms with E-state index in [4.69, 9.17) is 10.5 Å². The fraction of sp³-hybridized carbons (Fsp3) is 0.389. The van der Waals surface area contributed by atoms with Gasteiger partial charge in [0.25, 0.3) is 6.02 Å². The van der Waals surface area contributed by atoms with Gasteiger partial charge in [0.15, 0.2) is 0 Å². The molecule has 0 fully saturated rings. The van der Waals surface area contributed by atoms with Crippen molar-refractivity contribution in [2.24, 2.45) is 10.7 Å². The summed E-state index contributed by atoms with van der Waals surface area (Å²) in [6, 6.07) is 4.50. The molecule has 0 saturated heterocycles. The summed E-state index contributed by atoms with van der Waals surface area (Å²) >= 11 is 0. The highest BCUT2D eigenvalue weighted by Gasteiger charge is 2.40. The molecule has 1 spiro atoms. The van der Waals surface area contributed by atoms with Crippen LogP contribution in [0.1, 0.15) is 23.1 Å². The Morgan fingerprint density at radius 2 is 2.04 bits per heavy atom. The summed E-state index contributed by atoms with van der Waals surface area (Å²) in [4.78, 5) is 12.8. The number of rotatable bonds is 3. The lowest BCUT2D eigenvalue weighted by atomic mass is 9.74. The summed E-state index contributed by atoms with van der Waals surface area (Å²) in [7, 11) is 0. The Morgan fingerprint density at radius 3 is 2.75 bits per heavy atom. The molecule has 1 aliphatic heterocycles. The first-order chi connectivity index (χ1) is 11.7. The molecule has 24 heavy (non-hydrogen) atoms. The SMILES string of the molecule is NC1=NC2(CCc3c(-c4cncnc4)ccc(CCO)c3C2)CO1. The third kappa shape index (κ3) is 2.53. The van der Waals surface area contributed by atoms with Crippen molar-refractivity contribution in [3.63, 3.8) is 0 Å². The second kappa shape index (κ2) is 5.87. The minimum Gasteiger partial charge on any atom is -0.463 e. The zero-order chi connectivity index (χ0) is 16.6. The zero-order valence-electron chi connectivity index (χ0n) is 13.4. The molecular weight excluding hydrogens is 304 g/mol. The summed E-state index contributed by atoms with van der Waals surface area (Å²) in [6.07, 6.45) is 8.46. The third-order valence-electron chi connectivity index (χ3n) is 4.96. The van der Waals surface area contributed by atoms with Gasteiger partial charge in [-0.05, 0) is 41.5 Å². The van der Waals surface area contributed by atoms with Gasteiger partial charge in [-0.1, -0.05) is 12.1 Å². The molecule has 1 unspecified atom stereocenters. The van der Waals surface area contributed by atoms with Crippen molar-refractivity contribution in [2.75, 3.05) is 13.2 Å². The predicted molar refractivity (Wildman–Crippen MR) is 90.6 cm³/mol. The summed E-state index contributed by atoms with van der Waals surface area (Å²) in [5.41, 5.74) is 11.4. The Kier molecular flexibility index (Phi) is 3.69. The summed E-state index contributed by atoms with van der Waals surface area (Å²) in [6.45, 7) is 0.671. The van der Waals surface area contributed by atoms with Gasteiger partial charge in [0.1, 0.15) is 18.5 Å². The third-order valence-corrected chi connectivity index (χ3v) is 4.96. The van der Waals surface area contributed by atoms with E-state index in [9.17, 15) is 5.11 Å². The quantitative estimate of drug-likeness (QED) is 0.886. The summed E-state index contributed by atoms with van der Waals surface area (Å²) in [5, 5.41) is 9.41. The van der Waals surface area contributed by atoms with Crippen LogP contribution in [0.3, 0.4) is 0 Å².